The molecule has 0 saturated carbocycles. The summed E-state index contributed by atoms with van der Waals surface area (Å²) in [7, 11) is 1.57. The van der Waals surface area contributed by atoms with Gasteiger partial charge >= 0.3 is 6.03 Å². The molecule has 0 bridgehead atoms. The van der Waals surface area contributed by atoms with Crippen LogP contribution in [-0.4, -0.2) is 28.9 Å². The fourth-order valence-electron chi connectivity index (χ4n) is 3.03. The third kappa shape index (κ3) is 4.11. The molecular formula is C22H17ClN4O3. The van der Waals surface area contributed by atoms with Gasteiger partial charge in [0.1, 0.15) is 11.4 Å². The van der Waals surface area contributed by atoms with E-state index in [2.05, 4.69) is 20.6 Å². The van der Waals surface area contributed by atoms with Crippen molar-refractivity contribution in [1.82, 2.24) is 9.97 Å². The Labute approximate surface area is 177 Å². The van der Waals surface area contributed by atoms with Crippen molar-refractivity contribution in [3.63, 3.8) is 0 Å². The zero-order chi connectivity index (χ0) is 21.1. The molecule has 30 heavy (non-hydrogen) atoms. The van der Waals surface area contributed by atoms with Crippen LogP contribution in [0.1, 0.15) is 15.9 Å². The summed E-state index contributed by atoms with van der Waals surface area (Å²) in [5.74, 6) is 0.491. The summed E-state index contributed by atoms with van der Waals surface area (Å²) in [5.41, 5.74) is 2.57. The number of carbonyl (C=O) groups excluding carboxylic acids is 2. The Kier molecular flexibility index (Phi) is 5.36. The smallest absolute Gasteiger partial charge is 0.323 e. The minimum Gasteiger partial charge on any atom is -0.497 e. The fraction of sp³-hybridized carbons (Fsp3) is 0.0455. The fourth-order valence-corrected chi connectivity index (χ4v) is 3.19. The number of urea groups is 1. The van der Waals surface area contributed by atoms with Gasteiger partial charge in [-0.1, -0.05) is 23.7 Å². The van der Waals surface area contributed by atoms with Gasteiger partial charge < -0.3 is 20.4 Å². The van der Waals surface area contributed by atoms with Crippen molar-refractivity contribution in [2.24, 2.45) is 0 Å². The number of carbonyl (C=O) groups is 2. The quantitative estimate of drug-likeness (QED) is 0.391. The van der Waals surface area contributed by atoms with E-state index in [0.717, 1.165) is 0 Å². The molecule has 0 aliphatic heterocycles. The minimum atomic E-state index is -0.423. The first-order chi connectivity index (χ1) is 14.5. The molecule has 8 heteroatoms. The van der Waals surface area contributed by atoms with Gasteiger partial charge in [0.25, 0.3) is 0 Å². The van der Waals surface area contributed by atoms with Crippen molar-refractivity contribution >= 4 is 45.8 Å². The molecule has 7 nitrogen and oxygen atoms in total. The molecule has 4 aromatic rings. The lowest BCUT2D eigenvalue weighted by Crippen LogP contribution is -2.19. The molecule has 2 aromatic carbocycles. The number of fused-ring (bicyclic) bond motifs is 1. The average Bonchev–Trinajstić information content (AvgIpc) is 3.17. The third-order valence-electron chi connectivity index (χ3n) is 4.47. The zero-order valence-electron chi connectivity index (χ0n) is 15.9. The molecule has 0 spiro atoms. The van der Waals surface area contributed by atoms with E-state index >= 15 is 0 Å². The lowest BCUT2D eigenvalue weighted by molar-refractivity contribution is 0.104. The molecule has 0 saturated heterocycles. The number of methoxy groups -OCH3 is 1. The van der Waals surface area contributed by atoms with Gasteiger partial charge in [0.15, 0.2) is 5.78 Å². The zero-order valence-corrected chi connectivity index (χ0v) is 16.7. The first-order valence-electron chi connectivity index (χ1n) is 9.03. The topological polar surface area (TPSA) is 96.1 Å². The molecule has 2 amide bonds. The Morgan fingerprint density at radius 2 is 1.80 bits per heavy atom. The predicted molar refractivity (Wildman–Crippen MR) is 117 cm³/mol. The molecule has 4 rings (SSSR count). The van der Waals surface area contributed by atoms with Crippen molar-refractivity contribution in [3.05, 3.63) is 83.1 Å². The molecule has 0 fully saturated rings. The van der Waals surface area contributed by atoms with Gasteiger partial charge in [-0.15, -0.1) is 0 Å². The van der Waals surface area contributed by atoms with Gasteiger partial charge in [-0.2, -0.15) is 0 Å². The van der Waals surface area contributed by atoms with Gasteiger partial charge in [-0.3, -0.25) is 4.79 Å². The van der Waals surface area contributed by atoms with Crippen molar-refractivity contribution < 1.29 is 14.3 Å². The van der Waals surface area contributed by atoms with Crippen LogP contribution in [0.3, 0.4) is 0 Å². The van der Waals surface area contributed by atoms with Crippen LogP contribution in [-0.2, 0) is 0 Å². The Hall–Kier alpha value is -3.84. The summed E-state index contributed by atoms with van der Waals surface area (Å²) >= 11 is 6.02. The Balaban J connectivity index is 1.51. The molecule has 0 atom stereocenters. The average molecular weight is 421 g/mol. The standard InChI is InChI=1S/C22H17ClN4O3/c1-30-17-7-5-15(6-8-17)26-22(29)27-16-4-2-3-13(9-16)20(28)19-12-25-21-18(19)10-14(23)11-24-21/h2-12H,1H3,(H,24,25)(H2,26,27,29). The van der Waals surface area contributed by atoms with Crippen LogP contribution in [0.15, 0.2) is 67.0 Å². The summed E-state index contributed by atoms with van der Waals surface area (Å²) in [4.78, 5) is 32.4. The number of ketones is 1. The van der Waals surface area contributed by atoms with Crippen molar-refractivity contribution in [3.8, 4) is 5.75 Å². The monoisotopic (exact) mass is 420 g/mol. The third-order valence-corrected chi connectivity index (χ3v) is 4.68. The highest BCUT2D eigenvalue weighted by Crippen LogP contribution is 2.24. The summed E-state index contributed by atoms with van der Waals surface area (Å²) in [6.07, 6.45) is 3.12. The van der Waals surface area contributed by atoms with Crippen LogP contribution >= 0.6 is 11.6 Å². The molecule has 0 radical (unpaired) electrons. The number of nitrogens with zero attached hydrogens (tertiary/aromatic N) is 1. The van der Waals surface area contributed by atoms with Gasteiger partial charge in [-0.05, 0) is 42.5 Å². The number of rotatable bonds is 5. The molecule has 0 aliphatic rings. The van der Waals surface area contributed by atoms with E-state index in [1.165, 1.54) is 6.20 Å². The Morgan fingerprint density at radius 1 is 1.03 bits per heavy atom. The Morgan fingerprint density at radius 3 is 2.57 bits per heavy atom. The molecule has 0 unspecified atom stereocenters. The van der Waals surface area contributed by atoms with Crippen molar-refractivity contribution in [2.75, 3.05) is 17.7 Å². The molecule has 2 aromatic heterocycles. The number of aromatic amines is 1. The van der Waals surface area contributed by atoms with E-state index in [1.54, 1.807) is 67.9 Å². The predicted octanol–water partition coefficient (Wildman–Crippen LogP) is 5.10. The first-order valence-corrected chi connectivity index (χ1v) is 9.41. The highest BCUT2D eigenvalue weighted by Gasteiger charge is 2.16. The minimum absolute atomic E-state index is 0.204. The highest BCUT2D eigenvalue weighted by molar-refractivity contribution is 6.31. The normalized spacial score (nSPS) is 10.6. The van der Waals surface area contributed by atoms with E-state index in [-0.39, 0.29) is 5.78 Å². The summed E-state index contributed by atoms with van der Waals surface area (Å²) in [6, 6.07) is 14.9. The lowest BCUT2D eigenvalue weighted by atomic mass is 10.0. The summed E-state index contributed by atoms with van der Waals surface area (Å²) in [6.45, 7) is 0. The number of halogens is 1. The van der Waals surface area contributed by atoms with Crippen LogP contribution in [0.5, 0.6) is 5.75 Å². The molecule has 2 heterocycles. The lowest BCUT2D eigenvalue weighted by Gasteiger charge is -2.09. The van der Waals surface area contributed by atoms with E-state index in [1.807, 2.05) is 0 Å². The van der Waals surface area contributed by atoms with Gasteiger partial charge in [0.2, 0.25) is 0 Å². The number of H-pyrrole nitrogens is 1. The number of amides is 2. The van der Waals surface area contributed by atoms with Crippen LogP contribution in [0.25, 0.3) is 11.0 Å². The summed E-state index contributed by atoms with van der Waals surface area (Å²) in [5, 5.41) is 6.55. The first kappa shape index (κ1) is 19.5. The molecule has 150 valence electrons. The number of aromatic nitrogens is 2. The maximum absolute atomic E-state index is 13.0. The second kappa shape index (κ2) is 8.26. The maximum atomic E-state index is 13.0. The van der Waals surface area contributed by atoms with E-state index in [9.17, 15) is 9.59 Å². The van der Waals surface area contributed by atoms with Crippen molar-refractivity contribution in [2.45, 2.75) is 0 Å². The number of benzene rings is 2. The Bertz CT molecular complexity index is 1230. The number of anilines is 2. The van der Waals surface area contributed by atoms with Crippen LogP contribution in [0, 0.1) is 0 Å². The summed E-state index contributed by atoms with van der Waals surface area (Å²) < 4.78 is 5.10. The number of ether oxygens (including phenoxy) is 1. The van der Waals surface area contributed by atoms with E-state index in [4.69, 9.17) is 16.3 Å². The second-order valence-electron chi connectivity index (χ2n) is 6.47. The second-order valence-corrected chi connectivity index (χ2v) is 6.91. The van der Waals surface area contributed by atoms with Crippen LogP contribution < -0.4 is 15.4 Å². The van der Waals surface area contributed by atoms with E-state index in [0.29, 0.717) is 44.3 Å². The van der Waals surface area contributed by atoms with Gasteiger partial charge in [0, 0.05) is 40.3 Å². The number of hydrogen-bond donors (Lipinski definition) is 3. The number of nitrogens with one attached hydrogen (secondary N) is 3. The molecular weight excluding hydrogens is 404 g/mol. The molecule has 0 aliphatic carbocycles. The van der Waals surface area contributed by atoms with Crippen LogP contribution in [0.2, 0.25) is 5.02 Å². The van der Waals surface area contributed by atoms with Gasteiger partial charge in [-0.25, -0.2) is 9.78 Å². The molecule has 3 N–H and O–H groups in total. The van der Waals surface area contributed by atoms with Crippen molar-refractivity contribution in [1.29, 1.82) is 0 Å². The van der Waals surface area contributed by atoms with Gasteiger partial charge in [0.05, 0.1) is 12.1 Å². The highest BCUT2D eigenvalue weighted by atomic mass is 35.5. The van der Waals surface area contributed by atoms with E-state index < -0.39 is 6.03 Å². The van der Waals surface area contributed by atoms with Crippen LogP contribution in [0.4, 0.5) is 16.2 Å². The largest absolute Gasteiger partial charge is 0.497 e. The maximum Gasteiger partial charge on any atom is 0.323 e. The number of hydrogen-bond acceptors (Lipinski definition) is 4. The SMILES string of the molecule is COc1ccc(NC(=O)Nc2cccc(C(=O)c3c[nH]c4ncc(Cl)cc34)c2)cc1. The number of pyridine rings is 1.